The fourth-order valence-corrected chi connectivity index (χ4v) is 3.10. The Morgan fingerprint density at radius 2 is 2.00 bits per heavy atom. The van der Waals surface area contributed by atoms with Gasteiger partial charge in [0, 0.05) is 12.8 Å². The SMILES string of the molecule is CCNC(=NCc1cc(F)ccc1CS(C)(=O)=O)NCc1ccco1.I. The summed E-state index contributed by atoms with van der Waals surface area (Å²) in [4.78, 5) is 4.41. The number of aliphatic imine (C=N–C) groups is 1. The summed E-state index contributed by atoms with van der Waals surface area (Å²) < 4.78 is 41.9. The molecule has 26 heavy (non-hydrogen) atoms. The van der Waals surface area contributed by atoms with Gasteiger partial charge in [0.2, 0.25) is 0 Å². The van der Waals surface area contributed by atoms with Crippen LogP contribution in [-0.2, 0) is 28.7 Å². The molecule has 9 heteroatoms. The lowest BCUT2D eigenvalue weighted by Gasteiger charge is -2.12. The van der Waals surface area contributed by atoms with Crippen molar-refractivity contribution in [3.8, 4) is 0 Å². The van der Waals surface area contributed by atoms with Gasteiger partial charge in [0.1, 0.15) is 11.6 Å². The van der Waals surface area contributed by atoms with Crippen molar-refractivity contribution in [1.29, 1.82) is 0 Å². The summed E-state index contributed by atoms with van der Waals surface area (Å²) >= 11 is 0. The number of halogens is 2. The number of hydrogen-bond acceptors (Lipinski definition) is 4. The molecule has 0 radical (unpaired) electrons. The lowest BCUT2D eigenvalue weighted by atomic mass is 10.1. The lowest BCUT2D eigenvalue weighted by molar-refractivity contribution is 0.501. The first-order valence-corrected chi connectivity index (χ1v) is 9.93. The van der Waals surface area contributed by atoms with E-state index in [1.165, 1.54) is 18.2 Å². The van der Waals surface area contributed by atoms with Gasteiger partial charge in [0.25, 0.3) is 0 Å². The number of nitrogens with zero attached hydrogens (tertiary/aromatic N) is 1. The first-order valence-electron chi connectivity index (χ1n) is 7.87. The second-order valence-corrected chi connectivity index (χ2v) is 7.75. The van der Waals surface area contributed by atoms with Crippen LogP contribution in [0.15, 0.2) is 46.0 Å². The molecule has 0 saturated carbocycles. The van der Waals surface area contributed by atoms with Crippen molar-refractivity contribution in [1.82, 2.24) is 10.6 Å². The van der Waals surface area contributed by atoms with Crippen LogP contribution in [0.5, 0.6) is 0 Å². The van der Waals surface area contributed by atoms with E-state index in [1.807, 2.05) is 13.0 Å². The van der Waals surface area contributed by atoms with E-state index >= 15 is 0 Å². The number of nitrogens with one attached hydrogen (secondary N) is 2. The number of sulfone groups is 1. The summed E-state index contributed by atoms with van der Waals surface area (Å²) in [5.41, 5.74) is 1.09. The molecule has 0 fully saturated rings. The van der Waals surface area contributed by atoms with Gasteiger partial charge in [-0.25, -0.2) is 17.8 Å². The molecule has 0 amide bonds. The molecule has 0 spiro atoms. The number of benzene rings is 1. The van der Waals surface area contributed by atoms with Crippen LogP contribution < -0.4 is 10.6 Å². The quantitative estimate of drug-likeness (QED) is 0.351. The Hall–Kier alpha value is -1.62. The monoisotopic (exact) mass is 495 g/mol. The molecule has 2 N–H and O–H groups in total. The Morgan fingerprint density at radius 1 is 1.23 bits per heavy atom. The molecule has 0 unspecified atom stereocenters. The molecule has 1 aromatic heterocycles. The van der Waals surface area contributed by atoms with Crippen LogP contribution in [0.4, 0.5) is 4.39 Å². The second kappa shape index (κ2) is 10.5. The highest BCUT2D eigenvalue weighted by atomic mass is 127. The molecule has 2 rings (SSSR count). The Balaban J connectivity index is 0.00000338. The molecule has 0 aliphatic heterocycles. The highest BCUT2D eigenvalue weighted by Crippen LogP contribution is 2.15. The topological polar surface area (TPSA) is 83.7 Å². The van der Waals surface area contributed by atoms with Gasteiger partial charge >= 0.3 is 0 Å². The third-order valence-electron chi connectivity index (χ3n) is 3.35. The van der Waals surface area contributed by atoms with E-state index in [4.69, 9.17) is 4.42 Å². The zero-order chi connectivity index (χ0) is 18.3. The van der Waals surface area contributed by atoms with Gasteiger partial charge < -0.3 is 15.1 Å². The molecule has 0 saturated heterocycles. The first kappa shape index (κ1) is 22.4. The molecular formula is C17H23FIN3O3S. The van der Waals surface area contributed by atoms with Gasteiger partial charge in [-0.1, -0.05) is 6.07 Å². The van der Waals surface area contributed by atoms with E-state index in [-0.39, 0.29) is 36.3 Å². The van der Waals surface area contributed by atoms with E-state index in [2.05, 4.69) is 15.6 Å². The summed E-state index contributed by atoms with van der Waals surface area (Å²) in [6.07, 6.45) is 2.74. The van der Waals surface area contributed by atoms with Crippen LogP contribution in [0.2, 0.25) is 0 Å². The molecule has 6 nitrogen and oxygen atoms in total. The minimum Gasteiger partial charge on any atom is -0.467 e. The maximum atomic E-state index is 13.5. The number of hydrogen-bond donors (Lipinski definition) is 2. The van der Waals surface area contributed by atoms with E-state index in [1.54, 1.807) is 12.3 Å². The number of rotatable bonds is 7. The average molecular weight is 495 g/mol. The normalized spacial score (nSPS) is 11.7. The largest absolute Gasteiger partial charge is 0.467 e. The molecule has 2 aromatic rings. The third-order valence-corrected chi connectivity index (χ3v) is 4.18. The average Bonchev–Trinajstić information content (AvgIpc) is 3.04. The van der Waals surface area contributed by atoms with Crippen molar-refractivity contribution >= 4 is 39.8 Å². The summed E-state index contributed by atoms with van der Waals surface area (Å²) in [5, 5.41) is 6.19. The molecule has 0 aliphatic carbocycles. The highest BCUT2D eigenvalue weighted by Gasteiger charge is 2.11. The van der Waals surface area contributed by atoms with Crippen molar-refractivity contribution in [3.05, 3.63) is 59.3 Å². The van der Waals surface area contributed by atoms with E-state index in [0.29, 0.717) is 30.2 Å². The zero-order valence-electron chi connectivity index (χ0n) is 14.7. The first-order chi connectivity index (χ1) is 11.9. The fraction of sp³-hybridized carbons (Fsp3) is 0.353. The minimum atomic E-state index is -3.22. The van der Waals surface area contributed by atoms with Crippen LogP contribution in [-0.4, -0.2) is 27.2 Å². The Morgan fingerprint density at radius 3 is 2.62 bits per heavy atom. The number of furan rings is 1. The van der Waals surface area contributed by atoms with Gasteiger partial charge in [0.15, 0.2) is 15.8 Å². The maximum Gasteiger partial charge on any atom is 0.191 e. The summed E-state index contributed by atoms with van der Waals surface area (Å²) in [6, 6.07) is 7.71. The fourth-order valence-electron chi connectivity index (χ4n) is 2.25. The maximum absolute atomic E-state index is 13.5. The Kier molecular flexibility index (Phi) is 9.06. The van der Waals surface area contributed by atoms with Crippen molar-refractivity contribution in [2.45, 2.75) is 25.8 Å². The van der Waals surface area contributed by atoms with Gasteiger partial charge in [0.05, 0.1) is 25.1 Å². The van der Waals surface area contributed by atoms with Gasteiger partial charge in [-0.3, -0.25) is 0 Å². The number of guanidine groups is 1. The molecule has 0 atom stereocenters. The summed E-state index contributed by atoms with van der Waals surface area (Å²) in [7, 11) is -3.22. The molecule has 0 bridgehead atoms. The van der Waals surface area contributed by atoms with Crippen LogP contribution in [0.3, 0.4) is 0 Å². The lowest BCUT2D eigenvalue weighted by Crippen LogP contribution is -2.36. The molecule has 0 aliphatic rings. The van der Waals surface area contributed by atoms with Crippen LogP contribution in [0.1, 0.15) is 23.8 Å². The Labute approximate surface area is 170 Å². The molecule has 1 aromatic carbocycles. The van der Waals surface area contributed by atoms with Crippen molar-refractivity contribution in [3.63, 3.8) is 0 Å². The molecule has 1 heterocycles. The van der Waals surface area contributed by atoms with Gasteiger partial charge in [-0.15, -0.1) is 24.0 Å². The third kappa shape index (κ3) is 7.73. The molecule has 144 valence electrons. The van der Waals surface area contributed by atoms with E-state index in [9.17, 15) is 12.8 Å². The van der Waals surface area contributed by atoms with Crippen molar-refractivity contribution in [2.24, 2.45) is 4.99 Å². The van der Waals surface area contributed by atoms with Crippen molar-refractivity contribution in [2.75, 3.05) is 12.8 Å². The predicted molar refractivity (Wildman–Crippen MR) is 111 cm³/mol. The zero-order valence-corrected chi connectivity index (χ0v) is 17.8. The summed E-state index contributed by atoms with van der Waals surface area (Å²) in [6.45, 7) is 3.21. The van der Waals surface area contributed by atoms with Crippen LogP contribution in [0.25, 0.3) is 0 Å². The molecular weight excluding hydrogens is 472 g/mol. The van der Waals surface area contributed by atoms with Crippen LogP contribution >= 0.6 is 24.0 Å². The predicted octanol–water partition coefficient (Wildman–Crippen LogP) is 2.84. The van der Waals surface area contributed by atoms with Crippen molar-refractivity contribution < 1.29 is 17.2 Å². The van der Waals surface area contributed by atoms with Gasteiger partial charge in [-0.05, 0) is 42.3 Å². The van der Waals surface area contributed by atoms with Gasteiger partial charge in [-0.2, -0.15) is 0 Å². The van der Waals surface area contributed by atoms with Crippen LogP contribution in [0, 0.1) is 5.82 Å². The van der Waals surface area contributed by atoms with E-state index < -0.39 is 15.7 Å². The smallest absolute Gasteiger partial charge is 0.191 e. The second-order valence-electron chi connectivity index (χ2n) is 5.61. The minimum absolute atomic E-state index is 0. The summed E-state index contributed by atoms with van der Waals surface area (Å²) in [5.74, 6) is 0.729. The van der Waals surface area contributed by atoms with E-state index in [0.717, 1.165) is 12.0 Å². The highest BCUT2D eigenvalue weighted by molar-refractivity contribution is 14.0. The Bertz CT molecular complexity index is 824. The standard InChI is InChI=1S/C17H22FN3O3S.HI/c1-3-19-17(21-11-16-5-4-8-24-16)20-10-14-9-15(18)7-6-13(14)12-25(2,22)23;/h4-9H,3,10-12H2,1-2H3,(H2,19,20,21);1H.